The van der Waals surface area contributed by atoms with Gasteiger partial charge in [-0.1, -0.05) is 36.7 Å². The Labute approximate surface area is 196 Å². The molecule has 3 aromatic rings. The molecule has 4 nitrogen and oxygen atoms in total. The minimum atomic E-state index is -0.238. The first-order valence-corrected chi connectivity index (χ1v) is 11.4. The number of carbonyl (C=O) groups is 1. The predicted octanol–water partition coefficient (Wildman–Crippen LogP) is 6.86. The van der Waals surface area contributed by atoms with Crippen LogP contribution in [0, 0.1) is 5.41 Å². The van der Waals surface area contributed by atoms with Crippen molar-refractivity contribution in [3.8, 4) is 5.69 Å². The lowest BCUT2D eigenvalue weighted by atomic mass is 9.82. The zero-order valence-electron chi connectivity index (χ0n) is 17.0. The number of halogens is 2. The van der Waals surface area contributed by atoms with Crippen LogP contribution in [0.4, 0.5) is 0 Å². The summed E-state index contributed by atoms with van der Waals surface area (Å²) in [4.78, 5) is 16.7. The molecule has 1 amide bonds. The molecule has 0 aliphatic heterocycles. The summed E-state index contributed by atoms with van der Waals surface area (Å²) < 4.78 is 7.49. The van der Waals surface area contributed by atoms with Gasteiger partial charge in [0.1, 0.15) is 17.6 Å². The molecule has 0 N–H and O–H groups in total. The molecule has 1 atom stereocenters. The van der Waals surface area contributed by atoms with Crippen molar-refractivity contribution in [1.29, 1.82) is 0 Å². The number of amides is 1. The van der Waals surface area contributed by atoms with E-state index < -0.39 is 0 Å². The van der Waals surface area contributed by atoms with Crippen LogP contribution in [0.25, 0.3) is 5.69 Å². The summed E-state index contributed by atoms with van der Waals surface area (Å²) in [5, 5.41) is 0. The first kappa shape index (κ1) is 21.8. The second-order valence-electron chi connectivity index (χ2n) is 7.85. The van der Waals surface area contributed by atoms with Gasteiger partial charge in [0.05, 0.1) is 22.1 Å². The first-order valence-electron chi connectivity index (χ1n) is 9.91. The molecule has 2 heterocycles. The third-order valence-corrected chi connectivity index (χ3v) is 6.73. The lowest BCUT2D eigenvalue weighted by Crippen LogP contribution is -2.39. The maximum atomic E-state index is 13.8. The quantitative estimate of drug-likeness (QED) is 0.376. The van der Waals surface area contributed by atoms with Gasteiger partial charge in [0.15, 0.2) is 0 Å². The normalized spacial score (nSPS) is 18.0. The van der Waals surface area contributed by atoms with E-state index in [2.05, 4.69) is 13.0 Å². The predicted molar refractivity (Wildman–Crippen MR) is 127 cm³/mol. The van der Waals surface area contributed by atoms with Gasteiger partial charge in [-0.3, -0.25) is 4.79 Å². The van der Waals surface area contributed by atoms with Crippen molar-refractivity contribution in [3.05, 3.63) is 99.7 Å². The van der Waals surface area contributed by atoms with Crippen molar-refractivity contribution < 1.29 is 9.08 Å². The zero-order chi connectivity index (χ0) is 21.8. The lowest BCUT2D eigenvalue weighted by molar-refractivity contribution is 0.0688. The molecular weight excluding hydrogens is 451 g/mol. The number of benzene rings is 1. The molecule has 1 aliphatic rings. The molecule has 1 aromatic carbocycles. The molecular formula is C24H22Cl2N2O2S. The van der Waals surface area contributed by atoms with Crippen LogP contribution >= 0.6 is 34.8 Å². The number of allylic oxidation sites excluding steroid dienone is 2. The maximum Gasteiger partial charge on any atom is 0.256 e. The van der Waals surface area contributed by atoms with Gasteiger partial charge in [0, 0.05) is 29.2 Å². The Morgan fingerprint density at radius 3 is 2.61 bits per heavy atom. The molecule has 0 saturated heterocycles. The summed E-state index contributed by atoms with van der Waals surface area (Å²) in [5.74, 6) is 0.604. The van der Waals surface area contributed by atoms with Gasteiger partial charge in [-0.2, -0.15) is 0 Å². The summed E-state index contributed by atoms with van der Waals surface area (Å²) in [7, 11) is 0. The summed E-state index contributed by atoms with van der Waals surface area (Å²) in [6.07, 6.45) is 10.5. The molecule has 0 radical (unpaired) electrons. The Bertz CT molecular complexity index is 1120. The number of aromatic nitrogens is 1. The van der Waals surface area contributed by atoms with E-state index in [0.29, 0.717) is 28.7 Å². The second kappa shape index (κ2) is 9.35. The highest BCUT2D eigenvalue weighted by Crippen LogP contribution is 2.33. The van der Waals surface area contributed by atoms with Crippen LogP contribution in [0.3, 0.4) is 0 Å². The maximum absolute atomic E-state index is 13.8. The SMILES string of the molecule is CC1(CN(Cc2ccc(Cl)s2)C(=O)c2ccccc2-n2cccc2)C=CC(OCl)=CC1. The molecule has 0 saturated carbocycles. The largest absolute Gasteiger partial charge is 0.386 e. The van der Waals surface area contributed by atoms with E-state index in [0.717, 1.165) is 17.0 Å². The number of rotatable bonds is 7. The van der Waals surface area contributed by atoms with Crippen molar-refractivity contribution in [3.63, 3.8) is 0 Å². The van der Waals surface area contributed by atoms with Gasteiger partial charge in [-0.25, -0.2) is 0 Å². The standard InChI is InChI=1S/C24H22Cl2N2O2S/c1-24(12-10-18(30-26)11-13-24)17-28(16-19-8-9-22(25)31-19)23(29)20-6-2-3-7-21(20)27-14-4-5-15-27/h2-12,14-15H,13,16-17H2,1H3. The smallest absolute Gasteiger partial charge is 0.256 e. The van der Waals surface area contributed by atoms with Gasteiger partial charge in [-0.15, -0.1) is 11.3 Å². The van der Waals surface area contributed by atoms with Crippen LogP contribution in [0.2, 0.25) is 4.34 Å². The van der Waals surface area contributed by atoms with Crippen LogP contribution in [0.5, 0.6) is 0 Å². The number of para-hydroxylation sites is 1. The number of thiophene rings is 1. The topological polar surface area (TPSA) is 34.5 Å². The number of carbonyl (C=O) groups excluding carboxylic acids is 1. The molecule has 0 spiro atoms. The monoisotopic (exact) mass is 472 g/mol. The van der Waals surface area contributed by atoms with E-state index in [1.165, 1.54) is 11.3 Å². The molecule has 0 fully saturated rings. The van der Waals surface area contributed by atoms with E-state index >= 15 is 0 Å². The highest BCUT2D eigenvalue weighted by molar-refractivity contribution is 7.16. The van der Waals surface area contributed by atoms with Gasteiger partial charge >= 0.3 is 0 Å². The third-order valence-electron chi connectivity index (χ3n) is 5.34. The Morgan fingerprint density at radius 2 is 1.97 bits per heavy atom. The molecule has 160 valence electrons. The highest BCUT2D eigenvalue weighted by atomic mass is 35.5. The van der Waals surface area contributed by atoms with E-state index in [9.17, 15) is 4.79 Å². The van der Waals surface area contributed by atoms with Gasteiger partial charge in [0.2, 0.25) is 0 Å². The summed E-state index contributed by atoms with van der Waals surface area (Å²) in [6.45, 7) is 3.16. The van der Waals surface area contributed by atoms with Crippen LogP contribution in [0.1, 0.15) is 28.6 Å². The number of nitrogens with zero attached hydrogens (tertiary/aromatic N) is 2. The van der Waals surface area contributed by atoms with Gasteiger partial charge in [-0.05, 0) is 55.0 Å². The Balaban J connectivity index is 1.66. The fourth-order valence-corrected chi connectivity index (χ4v) is 4.95. The minimum absolute atomic E-state index is 0.0215. The van der Waals surface area contributed by atoms with E-state index in [1.54, 1.807) is 0 Å². The average molecular weight is 473 g/mol. The fourth-order valence-electron chi connectivity index (χ4n) is 3.73. The minimum Gasteiger partial charge on any atom is -0.386 e. The first-order chi connectivity index (χ1) is 15.0. The fraction of sp³-hybridized carbons (Fsp3) is 0.208. The van der Waals surface area contributed by atoms with E-state index in [4.69, 9.17) is 27.8 Å². The molecule has 7 heteroatoms. The van der Waals surface area contributed by atoms with Crippen LogP contribution in [-0.2, 0) is 10.8 Å². The van der Waals surface area contributed by atoms with Crippen molar-refractivity contribution in [2.24, 2.45) is 5.41 Å². The third kappa shape index (κ3) is 5.06. The average Bonchev–Trinajstić information content (AvgIpc) is 3.45. The Hall–Kier alpha value is -2.47. The van der Waals surface area contributed by atoms with Crippen molar-refractivity contribution >= 4 is 40.7 Å². The zero-order valence-corrected chi connectivity index (χ0v) is 19.3. The molecule has 1 aliphatic carbocycles. The van der Waals surface area contributed by atoms with Crippen LogP contribution < -0.4 is 0 Å². The molecule has 1 unspecified atom stereocenters. The second-order valence-corrected chi connectivity index (χ2v) is 9.80. The van der Waals surface area contributed by atoms with E-state index in [-0.39, 0.29) is 11.3 Å². The summed E-state index contributed by atoms with van der Waals surface area (Å²) in [6, 6.07) is 15.4. The van der Waals surface area contributed by atoms with Crippen LogP contribution in [-0.4, -0.2) is 21.9 Å². The molecule has 4 rings (SSSR count). The van der Waals surface area contributed by atoms with Crippen LogP contribution in [0.15, 0.2) is 84.9 Å². The van der Waals surface area contributed by atoms with Crippen molar-refractivity contribution in [2.45, 2.75) is 19.9 Å². The van der Waals surface area contributed by atoms with Gasteiger partial charge in [0.25, 0.3) is 5.91 Å². The van der Waals surface area contributed by atoms with Gasteiger partial charge < -0.3 is 13.8 Å². The number of hydrogen-bond acceptors (Lipinski definition) is 3. The lowest BCUT2D eigenvalue weighted by Gasteiger charge is -2.34. The Morgan fingerprint density at radius 1 is 1.19 bits per heavy atom. The molecule has 2 aromatic heterocycles. The summed E-state index contributed by atoms with van der Waals surface area (Å²) in [5.41, 5.74) is 1.27. The van der Waals surface area contributed by atoms with E-state index in [1.807, 2.05) is 82.5 Å². The number of hydrogen-bond donors (Lipinski definition) is 0. The van der Waals surface area contributed by atoms with Crippen molar-refractivity contribution in [1.82, 2.24) is 9.47 Å². The Kier molecular flexibility index (Phi) is 6.56. The molecule has 0 bridgehead atoms. The highest BCUT2D eigenvalue weighted by Gasteiger charge is 2.30. The molecule has 31 heavy (non-hydrogen) atoms. The van der Waals surface area contributed by atoms with Crippen molar-refractivity contribution in [2.75, 3.05) is 6.54 Å². The summed E-state index contributed by atoms with van der Waals surface area (Å²) >= 11 is 13.1.